The van der Waals surface area contributed by atoms with Gasteiger partial charge in [-0.3, -0.25) is 4.79 Å². The molecule has 2 fully saturated rings. The van der Waals surface area contributed by atoms with Gasteiger partial charge in [-0.15, -0.1) is 0 Å². The summed E-state index contributed by atoms with van der Waals surface area (Å²) >= 11 is 0. The van der Waals surface area contributed by atoms with Crippen molar-refractivity contribution >= 4 is 29.0 Å². The Morgan fingerprint density at radius 3 is 2.22 bits per heavy atom. The highest BCUT2D eigenvalue weighted by Crippen LogP contribution is 2.30. The number of para-hydroxylation sites is 1. The average molecular weight is 436 g/mol. The number of hydrogen-bond donors (Lipinski definition) is 2. The lowest BCUT2D eigenvalue weighted by Gasteiger charge is -2.31. The highest BCUT2D eigenvalue weighted by Gasteiger charge is 2.21. The second kappa shape index (κ2) is 9.94. The van der Waals surface area contributed by atoms with Crippen LogP contribution in [-0.4, -0.2) is 50.1 Å². The van der Waals surface area contributed by atoms with E-state index in [1.165, 1.54) is 24.9 Å². The lowest BCUT2D eigenvalue weighted by molar-refractivity contribution is 0.1000. The van der Waals surface area contributed by atoms with Gasteiger partial charge in [0.15, 0.2) is 0 Å². The summed E-state index contributed by atoms with van der Waals surface area (Å²) in [5.74, 6) is -0.501. The maximum Gasteiger partial charge on any atom is 0.321 e. The molecule has 2 heterocycles. The van der Waals surface area contributed by atoms with Crippen molar-refractivity contribution in [3.63, 3.8) is 0 Å². The van der Waals surface area contributed by atoms with E-state index in [1.54, 1.807) is 24.1 Å². The Kier molecular flexibility index (Phi) is 6.83. The first kappa shape index (κ1) is 22.0. The molecule has 4 rings (SSSR count). The number of primary amides is 1. The van der Waals surface area contributed by atoms with Gasteiger partial charge in [-0.25, -0.2) is 4.79 Å². The fourth-order valence-electron chi connectivity index (χ4n) is 4.65. The number of anilines is 3. The Morgan fingerprint density at radius 1 is 0.906 bits per heavy atom. The van der Waals surface area contributed by atoms with Crippen LogP contribution in [0.25, 0.3) is 0 Å². The Labute approximate surface area is 190 Å². The molecule has 0 aromatic heterocycles. The van der Waals surface area contributed by atoms with Gasteiger partial charge in [-0.2, -0.15) is 0 Å². The zero-order valence-electron chi connectivity index (χ0n) is 18.8. The molecule has 3 amide bonds. The van der Waals surface area contributed by atoms with E-state index in [2.05, 4.69) is 33.3 Å². The predicted octanol–water partition coefficient (Wildman–Crippen LogP) is 4.04. The van der Waals surface area contributed by atoms with Crippen LogP contribution in [-0.2, 0) is 6.54 Å². The molecule has 2 aromatic rings. The van der Waals surface area contributed by atoms with Crippen molar-refractivity contribution in [2.45, 2.75) is 38.6 Å². The first-order valence-electron chi connectivity index (χ1n) is 11.6. The minimum atomic E-state index is -0.501. The van der Waals surface area contributed by atoms with Gasteiger partial charge >= 0.3 is 6.03 Å². The number of urea groups is 1. The van der Waals surface area contributed by atoms with Crippen LogP contribution in [0.3, 0.4) is 0 Å². The van der Waals surface area contributed by atoms with E-state index in [0.29, 0.717) is 17.8 Å². The fraction of sp³-hybridized carbons (Fsp3) is 0.440. The monoisotopic (exact) mass is 435 g/mol. The summed E-state index contributed by atoms with van der Waals surface area (Å²) in [6.45, 7) is 4.51. The molecule has 0 aliphatic carbocycles. The van der Waals surface area contributed by atoms with Gasteiger partial charge in [-0.1, -0.05) is 18.2 Å². The molecule has 0 bridgehead atoms. The summed E-state index contributed by atoms with van der Waals surface area (Å²) < 4.78 is 0. The highest BCUT2D eigenvalue weighted by molar-refractivity contribution is 5.98. The average Bonchev–Trinajstić information content (AvgIpc) is 3.34. The largest absolute Gasteiger partial charge is 0.371 e. The quantitative estimate of drug-likeness (QED) is 0.717. The maximum absolute atomic E-state index is 13.1. The first-order chi connectivity index (χ1) is 15.5. The molecule has 0 atom stereocenters. The molecule has 2 saturated heterocycles. The maximum atomic E-state index is 13.1. The third-order valence-corrected chi connectivity index (χ3v) is 6.41. The van der Waals surface area contributed by atoms with Crippen LogP contribution in [0.1, 0.15) is 48.0 Å². The van der Waals surface area contributed by atoms with Crippen LogP contribution < -0.4 is 20.9 Å². The van der Waals surface area contributed by atoms with Crippen molar-refractivity contribution < 1.29 is 9.59 Å². The Balaban J connectivity index is 1.52. The SMILES string of the molecule is CN(Cc1ccccc1N1CCCC1)C(=O)Nc1cc(C(N)=O)ccc1N1CCCCC1. The van der Waals surface area contributed by atoms with Gasteiger partial charge in [0.05, 0.1) is 11.4 Å². The molecule has 0 radical (unpaired) electrons. The van der Waals surface area contributed by atoms with E-state index < -0.39 is 5.91 Å². The first-order valence-corrected chi connectivity index (χ1v) is 11.6. The predicted molar refractivity (Wildman–Crippen MR) is 129 cm³/mol. The number of amides is 3. The summed E-state index contributed by atoms with van der Waals surface area (Å²) in [7, 11) is 1.80. The molecule has 0 spiro atoms. The molecule has 32 heavy (non-hydrogen) atoms. The topological polar surface area (TPSA) is 81.9 Å². The number of carbonyl (C=O) groups excluding carboxylic acids is 2. The summed E-state index contributed by atoms with van der Waals surface area (Å²) in [5.41, 5.74) is 9.80. The Hall–Kier alpha value is -3.22. The van der Waals surface area contributed by atoms with Crippen molar-refractivity contribution in [3.05, 3.63) is 53.6 Å². The van der Waals surface area contributed by atoms with Crippen LogP contribution in [0.5, 0.6) is 0 Å². The summed E-state index contributed by atoms with van der Waals surface area (Å²) in [5, 5.41) is 3.04. The number of nitrogens with zero attached hydrogens (tertiary/aromatic N) is 3. The van der Waals surface area contributed by atoms with Crippen molar-refractivity contribution in [2.24, 2.45) is 5.73 Å². The molecule has 2 aliphatic heterocycles. The van der Waals surface area contributed by atoms with E-state index in [1.807, 2.05) is 12.1 Å². The highest BCUT2D eigenvalue weighted by atomic mass is 16.2. The van der Waals surface area contributed by atoms with Gasteiger partial charge < -0.3 is 25.8 Å². The lowest BCUT2D eigenvalue weighted by atomic mass is 10.1. The van der Waals surface area contributed by atoms with Crippen LogP contribution in [0.4, 0.5) is 21.9 Å². The Bertz CT molecular complexity index is 965. The normalized spacial score (nSPS) is 16.2. The van der Waals surface area contributed by atoms with Crippen molar-refractivity contribution in [2.75, 3.05) is 48.3 Å². The number of nitrogens with two attached hydrogens (primary N) is 1. The van der Waals surface area contributed by atoms with Crippen LogP contribution in [0.15, 0.2) is 42.5 Å². The Morgan fingerprint density at radius 2 is 1.53 bits per heavy atom. The molecule has 7 heteroatoms. The van der Waals surface area contributed by atoms with Crippen molar-refractivity contribution in [1.82, 2.24) is 4.90 Å². The van der Waals surface area contributed by atoms with Gasteiger partial charge in [0.1, 0.15) is 0 Å². The lowest BCUT2D eigenvalue weighted by Crippen LogP contribution is -2.34. The zero-order chi connectivity index (χ0) is 22.5. The van der Waals surface area contributed by atoms with Gasteiger partial charge in [0, 0.05) is 51.0 Å². The fourth-order valence-corrected chi connectivity index (χ4v) is 4.65. The molecular weight excluding hydrogens is 402 g/mol. The molecule has 170 valence electrons. The van der Waals surface area contributed by atoms with E-state index in [9.17, 15) is 9.59 Å². The third-order valence-electron chi connectivity index (χ3n) is 6.41. The molecular formula is C25H33N5O2. The number of rotatable bonds is 6. The number of piperidine rings is 1. The van der Waals surface area contributed by atoms with E-state index in [-0.39, 0.29) is 6.03 Å². The van der Waals surface area contributed by atoms with E-state index in [4.69, 9.17) is 5.73 Å². The van der Waals surface area contributed by atoms with Gasteiger partial charge in [-0.05, 0) is 61.9 Å². The minimum absolute atomic E-state index is 0.207. The minimum Gasteiger partial charge on any atom is -0.371 e. The molecule has 0 saturated carbocycles. The number of benzene rings is 2. The number of hydrogen-bond acceptors (Lipinski definition) is 4. The van der Waals surface area contributed by atoms with Crippen LogP contribution in [0.2, 0.25) is 0 Å². The molecule has 7 nitrogen and oxygen atoms in total. The van der Waals surface area contributed by atoms with Gasteiger partial charge in [0.25, 0.3) is 0 Å². The molecule has 2 aromatic carbocycles. The zero-order valence-corrected chi connectivity index (χ0v) is 18.8. The van der Waals surface area contributed by atoms with Crippen LogP contribution >= 0.6 is 0 Å². The third kappa shape index (κ3) is 4.98. The van der Waals surface area contributed by atoms with Crippen molar-refractivity contribution in [1.29, 1.82) is 0 Å². The van der Waals surface area contributed by atoms with E-state index in [0.717, 1.165) is 50.3 Å². The van der Waals surface area contributed by atoms with Gasteiger partial charge in [0.2, 0.25) is 5.91 Å². The number of carbonyl (C=O) groups is 2. The molecule has 3 N–H and O–H groups in total. The summed E-state index contributed by atoms with van der Waals surface area (Å²) in [4.78, 5) is 31.2. The van der Waals surface area contributed by atoms with E-state index >= 15 is 0 Å². The number of nitrogens with one attached hydrogen (secondary N) is 1. The standard InChI is InChI=1S/C25H33N5O2/c1-28(18-20-9-3-4-10-22(20)29-15-7-8-16-29)25(32)27-21-17-19(24(26)31)11-12-23(21)30-13-5-2-6-14-30/h3-4,9-12,17H,2,5-8,13-16,18H2,1H3,(H2,26,31)(H,27,32). The van der Waals surface area contributed by atoms with Crippen LogP contribution in [0, 0.1) is 0 Å². The smallest absolute Gasteiger partial charge is 0.321 e. The van der Waals surface area contributed by atoms with Crippen molar-refractivity contribution in [3.8, 4) is 0 Å². The summed E-state index contributed by atoms with van der Waals surface area (Å²) in [6, 6.07) is 13.4. The second-order valence-corrected chi connectivity index (χ2v) is 8.75. The summed E-state index contributed by atoms with van der Waals surface area (Å²) in [6.07, 6.45) is 5.88. The molecule has 2 aliphatic rings. The second-order valence-electron chi connectivity index (χ2n) is 8.75. The molecule has 0 unspecified atom stereocenters.